The summed E-state index contributed by atoms with van der Waals surface area (Å²) in [5.74, 6) is -0.0309. The highest BCUT2D eigenvalue weighted by Gasteiger charge is 2.47. The number of nitrogens with zero attached hydrogens (tertiary/aromatic N) is 4. The van der Waals surface area contributed by atoms with Crippen LogP contribution in [0.15, 0.2) is 59.8 Å². The molecular weight excluding hydrogens is 514 g/mol. The van der Waals surface area contributed by atoms with Gasteiger partial charge in [-0.3, -0.25) is 14.5 Å². The minimum absolute atomic E-state index is 0.0528. The van der Waals surface area contributed by atoms with Gasteiger partial charge in [0, 0.05) is 26.2 Å². The lowest BCUT2D eigenvalue weighted by Crippen LogP contribution is -2.51. The summed E-state index contributed by atoms with van der Waals surface area (Å²) in [6.07, 6.45) is 0.542. The van der Waals surface area contributed by atoms with Gasteiger partial charge in [-0.15, -0.1) is 0 Å². The fourth-order valence-electron chi connectivity index (χ4n) is 5.89. The molecule has 8 nitrogen and oxygen atoms in total. The van der Waals surface area contributed by atoms with Crippen LogP contribution in [0.1, 0.15) is 55.5 Å². The molecule has 2 aliphatic rings. The van der Waals surface area contributed by atoms with Crippen LogP contribution in [-0.2, 0) is 16.1 Å². The van der Waals surface area contributed by atoms with Crippen LogP contribution in [0.2, 0.25) is 0 Å². The van der Waals surface area contributed by atoms with Gasteiger partial charge in [0.2, 0.25) is 5.91 Å². The monoisotopic (exact) mass is 559 g/mol. The van der Waals surface area contributed by atoms with Gasteiger partial charge >= 0.3 is 6.03 Å². The van der Waals surface area contributed by atoms with Crippen LogP contribution in [0.3, 0.4) is 0 Å². The summed E-state index contributed by atoms with van der Waals surface area (Å²) >= 11 is 0. The number of benzene rings is 2. The zero-order valence-corrected chi connectivity index (χ0v) is 25.6. The third-order valence-electron chi connectivity index (χ3n) is 8.00. The number of amides is 4. The second kappa shape index (κ2) is 12.9. The highest BCUT2D eigenvalue weighted by atomic mass is 16.2. The first-order valence-corrected chi connectivity index (χ1v) is 14.7. The normalized spacial score (nSPS) is 17.8. The van der Waals surface area contributed by atoms with Crippen molar-refractivity contribution in [3.63, 3.8) is 0 Å². The molecule has 41 heavy (non-hydrogen) atoms. The van der Waals surface area contributed by atoms with Crippen LogP contribution < -0.4 is 5.32 Å². The molecule has 1 N–H and O–H groups in total. The fraction of sp³-hybridized carbons (Fsp3) is 0.485. The van der Waals surface area contributed by atoms with Gasteiger partial charge in [0.25, 0.3) is 5.91 Å². The number of likely N-dealkylation sites (N-methyl/N-ethyl adjacent to an activating group) is 2. The Hall–Kier alpha value is -3.65. The molecule has 8 heteroatoms. The van der Waals surface area contributed by atoms with E-state index >= 15 is 0 Å². The van der Waals surface area contributed by atoms with Gasteiger partial charge < -0.3 is 20.0 Å². The maximum atomic E-state index is 14.4. The fourth-order valence-corrected chi connectivity index (χ4v) is 5.89. The van der Waals surface area contributed by atoms with E-state index in [1.807, 2.05) is 82.2 Å². The van der Waals surface area contributed by atoms with Gasteiger partial charge in [-0.2, -0.15) is 0 Å². The Morgan fingerprint density at radius 3 is 2.37 bits per heavy atom. The van der Waals surface area contributed by atoms with Crippen molar-refractivity contribution in [2.24, 2.45) is 5.92 Å². The Morgan fingerprint density at radius 2 is 1.76 bits per heavy atom. The van der Waals surface area contributed by atoms with E-state index in [0.717, 1.165) is 22.3 Å². The van der Waals surface area contributed by atoms with E-state index in [4.69, 9.17) is 0 Å². The number of aryl methyl sites for hydroxylation is 2. The smallest absolute Gasteiger partial charge is 0.322 e. The first kappa shape index (κ1) is 30.3. The van der Waals surface area contributed by atoms with Crippen LogP contribution >= 0.6 is 0 Å². The van der Waals surface area contributed by atoms with Crippen molar-refractivity contribution in [1.82, 2.24) is 24.9 Å². The Bertz CT molecular complexity index is 1300. The quantitative estimate of drug-likeness (QED) is 0.440. The molecule has 0 aliphatic carbocycles. The summed E-state index contributed by atoms with van der Waals surface area (Å²) < 4.78 is 0. The number of carbonyl (C=O) groups excluding carboxylic acids is 3. The lowest BCUT2D eigenvalue weighted by Gasteiger charge is -2.34. The van der Waals surface area contributed by atoms with Gasteiger partial charge in [-0.1, -0.05) is 67.9 Å². The van der Waals surface area contributed by atoms with E-state index in [1.54, 1.807) is 9.80 Å². The Labute approximate surface area is 245 Å². The standard InChI is InChI=1S/C33H45N5O3/c1-8-37-28-21-38(32(40)29(28)30(34-33(37)41)26-15-14-23(4)19-24(26)5)27(18-22(2)3)31(39)36(17-16-35(6)7)20-25-12-10-9-11-13-25/h9-15,19,22,27,30H,8,16-18,20-21H2,1-7H3,(H,34,41)/t27-,30-/m0/s1. The molecule has 0 bridgehead atoms. The van der Waals surface area contributed by atoms with E-state index in [2.05, 4.69) is 30.1 Å². The van der Waals surface area contributed by atoms with Crippen molar-refractivity contribution >= 4 is 17.8 Å². The molecule has 0 fully saturated rings. The van der Waals surface area contributed by atoms with Gasteiger partial charge in [0.05, 0.1) is 23.9 Å². The Balaban J connectivity index is 1.71. The van der Waals surface area contributed by atoms with E-state index < -0.39 is 12.1 Å². The number of hydrogen-bond donors (Lipinski definition) is 1. The topological polar surface area (TPSA) is 76.2 Å². The number of rotatable bonds is 11. The summed E-state index contributed by atoms with van der Waals surface area (Å²) in [5, 5.41) is 3.09. The molecule has 0 aromatic heterocycles. The van der Waals surface area contributed by atoms with E-state index in [1.165, 1.54) is 0 Å². The molecule has 4 amide bonds. The molecule has 2 aromatic rings. The molecule has 2 heterocycles. The number of urea groups is 1. The molecule has 2 atom stereocenters. The van der Waals surface area contributed by atoms with Crippen molar-refractivity contribution in [3.05, 3.63) is 82.1 Å². The molecule has 0 spiro atoms. The van der Waals surface area contributed by atoms with Crippen molar-refractivity contribution < 1.29 is 14.4 Å². The molecule has 0 radical (unpaired) electrons. The predicted octanol–water partition coefficient (Wildman–Crippen LogP) is 4.49. The van der Waals surface area contributed by atoms with Gasteiger partial charge in [0.1, 0.15) is 6.04 Å². The molecule has 220 valence electrons. The summed E-state index contributed by atoms with van der Waals surface area (Å²) in [6, 6.07) is 14.7. The third-order valence-corrected chi connectivity index (χ3v) is 8.00. The van der Waals surface area contributed by atoms with Crippen molar-refractivity contribution in [2.45, 2.75) is 59.7 Å². The first-order chi connectivity index (χ1) is 19.5. The summed E-state index contributed by atoms with van der Waals surface area (Å²) in [4.78, 5) is 49.3. The lowest BCUT2D eigenvalue weighted by molar-refractivity contribution is -0.144. The third kappa shape index (κ3) is 6.64. The molecule has 0 saturated heterocycles. The average Bonchev–Trinajstić information content (AvgIpc) is 3.26. The molecule has 2 aliphatic heterocycles. The average molecular weight is 560 g/mol. The van der Waals surface area contributed by atoms with Gasteiger partial charge in [0.15, 0.2) is 0 Å². The lowest BCUT2D eigenvalue weighted by atomic mass is 9.91. The maximum Gasteiger partial charge on any atom is 0.322 e. The van der Waals surface area contributed by atoms with Gasteiger partial charge in [-0.25, -0.2) is 4.79 Å². The zero-order valence-electron chi connectivity index (χ0n) is 25.6. The summed E-state index contributed by atoms with van der Waals surface area (Å²) in [5.41, 5.74) is 5.38. The number of carbonyl (C=O) groups is 3. The van der Waals surface area contributed by atoms with E-state index in [0.29, 0.717) is 43.9 Å². The highest BCUT2D eigenvalue weighted by Crippen LogP contribution is 2.39. The second-order valence-corrected chi connectivity index (χ2v) is 12.0. The number of nitrogens with one attached hydrogen (secondary N) is 1. The highest BCUT2D eigenvalue weighted by molar-refractivity contribution is 6.03. The minimum atomic E-state index is -0.632. The first-order valence-electron chi connectivity index (χ1n) is 14.7. The molecular formula is C33H45N5O3. The number of hydrogen-bond acceptors (Lipinski definition) is 4. The molecule has 0 saturated carbocycles. The summed E-state index contributed by atoms with van der Waals surface area (Å²) in [7, 11) is 3.99. The predicted molar refractivity (Wildman–Crippen MR) is 162 cm³/mol. The Kier molecular flexibility index (Phi) is 9.53. The van der Waals surface area contributed by atoms with Crippen molar-refractivity contribution in [2.75, 3.05) is 40.3 Å². The van der Waals surface area contributed by atoms with Crippen molar-refractivity contribution in [1.29, 1.82) is 0 Å². The van der Waals surface area contributed by atoms with Crippen LogP contribution in [-0.4, -0.2) is 83.8 Å². The molecule has 4 rings (SSSR count). The SMILES string of the molecule is CCN1C(=O)N[C@@H](c2ccc(C)cc2C)C2=C1CN([C@@H](CC(C)C)C(=O)N(CCN(C)C)Cc1ccccc1)C2=O. The van der Waals surface area contributed by atoms with Crippen LogP contribution in [0.5, 0.6) is 0 Å². The van der Waals surface area contributed by atoms with Crippen LogP contribution in [0.4, 0.5) is 4.79 Å². The maximum absolute atomic E-state index is 14.4. The largest absolute Gasteiger partial charge is 0.335 e. The summed E-state index contributed by atoms with van der Waals surface area (Å²) in [6.45, 7) is 12.5. The van der Waals surface area contributed by atoms with Crippen LogP contribution in [0.25, 0.3) is 0 Å². The zero-order chi connectivity index (χ0) is 29.8. The van der Waals surface area contributed by atoms with E-state index in [9.17, 15) is 14.4 Å². The van der Waals surface area contributed by atoms with E-state index in [-0.39, 0.29) is 30.3 Å². The molecule has 0 unspecified atom stereocenters. The van der Waals surface area contributed by atoms with Crippen molar-refractivity contribution in [3.8, 4) is 0 Å². The second-order valence-electron chi connectivity index (χ2n) is 12.0. The Morgan fingerprint density at radius 1 is 1.05 bits per heavy atom. The molecule has 2 aromatic carbocycles. The van der Waals surface area contributed by atoms with Gasteiger partial charge in [-0.05, 0) is 63.9 Å². The van der Waals surface area contributed by atoms with Crippen LogP contribution in [0, 0.1) is 19.8 Å². The minimum Gasteiger partial charge on any atom is -0.335 e.